The average Bonchev–Trinajstić information content (AvgIpc) is 3.26. The van der Waals surface area contributed by atoms with E-state index in [-0.39, 0.29) is 4.21 Å². The average molecular weight is 432 g/mol. The van der Waals surface area contributed by atoms with Crippen molar-refractivity contribution >= 4 is 32.9 Å². The molecule has 1 fully saturated rings. The van der Waals surface area contributed by atoms with Gasteiger partial charge in [-0.25, -0.2) is 18.4 Å². The Kier molecular flexibility index (Phi) is 5.48. The zero-order valence-corrected chi connectivity index (χ0v) is 17.8. The van der Waals surface area contributed by atoms with Crippen LogP contribution in [0.15, 0.2) is 40.3 Å². The van der Waals surface area contributed by atoms with Gasteiger partial charge in [-0.3, -0.25) is 9.71 Å². The maximum Gasteiger partial charge on any atom is 0.271 e. The van der Waals surface area contributed by atoms with Crippen molar-refractivity contribution in [3.63, 3.8) is 0 Å². The monoisotopic (exact) mass is 431 g/mol. The molecule has 0 aromatic carbocycles. The molecule has 0 bridgehead atoms. The minimum atomic E-state index is -3.66. The van der Waals surface area contributed by atoms with E-state index < -0.39 is 10.0 Å². The zero-order valence-electron chi connectivity index (χ0n) is 16.1. The van der Waals surface area contributed by atoms with Crippen molar-refractivity contribution in [2.75, 3.05) is 35.9 Å². The van der Waals surface area contributed by atoms with Crippen LogP contribution in [0.4, 0.5) is 11.5 Å². The summed E-state index contributed by atoms with van der Waals surface area (Å²) in [6.45, 7) is 6.44. The van der Waals surface area contributed by atoms with Crippen LogP contribution in [0.1, 0.15) is 11.4 Å². The van der Waals surface area contributed by atoms with E-state index in [4.69, 9.17) is 4.74 Å². The first-order valence-corrected chi connectivity index (χ1v) is 11.5. The number of pyridine rings is 1. The fourth-order valence-corrected chi connectivity index (χ4v) is 5.30. The molecule has 0 atom stereocenters. The molecule has 0 radical (unpaired) electrons. The summed E-state index contributed by atoms with van der Waals surface area (Å²) in [6.07, 6.45) is 3.28. The number of thiophene rings is 1. The summed E-state index contributed by atoms with van der Waals surface area (Å²) < 4.78 is 33.7. The normalized spacial score (nSPS) is 14.8. The quantitative estimate of drug-likeness (QED) is 0.663. The lowest BCUT2D eigenvalue weighted by Crippen LogP contribution is -2.37. The van der Waals surface area contributed by atoms with Crippen LogP contribution in [0.5, 0.6) is 0 Å². The van der Waals surface area contributed by atoms with Gasteiger partial charge < -0.3 is 9.64 Å². The topological polar surface area (TPSA) is 97.3 Å². The first-order valence-electron chi connectivity index (χ1n) is 9.13. The molecule has 29 heavy (non-hydrogen) atoms. The second-order valence-electron chi connectivity index (χ2n) is 6.65. The van der Waals surface area contributed by atoms with E-state index in [1.165, 1.54) is 11.3 Å². The van der Waals surface area contributed by atoms with Gasteiger partial charge in [0.1, 0.15) is 16.4 Å². The minimum Gasteiger partial charge on any atom is -0.378 e. The molecule has 4 rings (SSSR count). The van der Waals surface area contributed by atoms with Crippen molar-refractivity contribution in [2.45, 2.75) is 18.1 Å². The number of ether oxygens (including phenoxy) is 1. The molecule has 3 aromatic rings. The van der Waals surface area contributed by atoms with E-state index in [0.29, 0.717) is 24.6 Å². The van der Waals surface area contributed by atoms with E-state index in [1.54, 1.807) is 43.0 Å². The van der Waals surface area contributed by atoms with E-state index in [2.05, 4.69) is 24.6 Å². The first-order chi connectivity index (χ1) is 14.0. The van der Waals surface area contributed by atoms with Crippen LogP contribution in [-0.2, 0) is 14.8 Å². The van der Waals surface area contributed by atoms with Gasteiger partial charge in [0.15, 0.2) is 0 Å². The van der Waals surface area contributed by atoms with Crippen LogP contribution in [0.2, 0.25) is 0 Å². The van der Waals surface area contributed by atoms with E-state index in [1.807, 2.05) is 6.92 Å². The van der Waals surface area contributed by atoms with Crippen molar-refractivity contribution in [1.82, 2.24) is 15.0 Å². The van der Waals surface area contributed by atoms with Crippen LogP contribution in [0.25, 0.3) is 11.1 Å². The van der Waals surface area contributed by atoms with Gasteiger partial charge in [-0.1, -0.05) is 6.07 Å². The standard InChI is InChI=1S/C19H21N5O3S2/c1-13-16(23-29(25,26)17-4-3-9-28-17)10-15(11-20-13)18-14(2)21-12-22-19(18)24-5-7-27-8-6-24/h3-4,9-12,23H,5-8H2,1-2H3. The number of nitrogens with zero attached hydrogens (tertiary/aromatic N) is 4. The Morgan fingerprint density at radius 1 is 1.14 bits per heavy atom. The molecule has 4 heterocycles. The summed E-state index contributed by atoms with van der Waals surface area (Å²) in [5.74, 6) is 0.804. The highest BCUT2D eigenvalue weighted by Crippen LogP contribution is 2.33. The summed E-state index contributed by atoms with van der Waals surface area (Å²) in [4.78, 5) is 15.4. The smallest absolute Gasteiger partial charge is 0.271 e. The molecular formula is C19H21N5O3S2. The second kappa shape index (κ2) is 8.05. The molecule has 1 N–H and O–H groups in total. The van der Waals surface area contributed by atoms with Gasteiger partial charge in [0.25, 0.3) is 10.0 Å². The minimum absolute atomic E-state index is 0.260. The van der Waals surface area contributed by atoms with Gasteiger partial charge in [-0.15, -0.1) is 11.3 Å². The van der Waals surface area contributed by atoms with Gasteiger partial charge in [0, 0.05) is 30.4 Å². The summed E-state index contributed by atoms with van der Waals surface area (Å²) in [5, 5.41) is 1.73. The lowest BCUT2D eigenvalue weighted by molar-refractivity contribution is 0.122. The van der Waals surface area contributed by atoms with Crippen molar-refractivity contribution < 1.29 is 13.2 Å². The van der Waals surface area contributed by atoms with E-state index >= 15 is 0 Å². The Labute approximate surface area is 173 Å². The third-order valence-electron chi connectivity index (χ3n) is 4.71. The zero-order chi connectivity index (χ0) is 20.4. The van der Waals surface area contributed by atoms with Gasteiger partial charge >= 0.3 is 0 Å². The molecule has 1 aliphatic rings. The summed E-state index contributed by atoms with van der Waals surface area (Å²) in [6, 6.07) is 5.08. The van der Waals surface area contributed by atoms with E-state index in [0.717, 1.165) is 35.7 Å². The third-order valence-corrected chi connectivity index (χ3v) is 7.47. The third kappa shape index (κ3) is 4.09. The maximum absolute atomic E-state index is 12.7. The summed E-state index contributed by atoms with van der Waals surface area (Å²) in [5.41, 5.74) is 3.44. The lowest BCUT2D eigenvalue weighted by Gasteiger charge is -2.29. The fourth-order valence-electron chi connectivity index (χ4n) is 3.20. The molecule has 0 amide bonds. The van der Waals surface area contributed by atoms with Crippen LogP contribution in [0.3, 0.4) is 0 Å². The van der Waals surface area contributed by atoms with Gasteiger partial charge in [0.05, 0.1) is 30.3 Å². The van der Waals surface area contributed by atoms with Crippen LogP contribution >= 0.6 is 11.3 Å². The molecule has 0 spiro atoms. The molecule has 0 unspecified atom stereocenters. The number of morpholine rings is 1. The number of rotatable bonds is 5. The Bertz CT molecular complexity index is 1110. The predicted octanol–water partition coefficient (Wildman–Crippen LogP) is 2.85. The van der Waals surface area contributed by atoms with Gasteiger partial charge in [0.2, 0.25) is 0 Å². The summed E-state index contributed by atoms with van der Waals surface area (Å²) in [7, 11) is -3.66. The maximum atomic E-state index is 12.7. The molecule has 3 aromatic heterocycles. The molecule has 10 heteroatoms. The number of aryl methyl sites for hydroxylation is 2. The predicted molar refractivity (Wildman–Crippen MR) is 113 cm³/mol. The van der Waals surface area contributed by atoms with Gasteiger partial charge in [-0.05, 0) is 31.4 Å². The number of sulfonamides is 1. The van der Waals surface area contributed by atoms with Crippen LogP contribution in [-0.4, -0.2) is 49.7 Å². The molecule has 0 aliphatic carbocycles. The van der Waals surface area contributed by atoms with Gasteiger partial charge in [-0.2, -0.15) is 0 Å². The highest BCUT2D eigenvalue weighted by molar-refractivity contribution is 7.94. The Hall–Kier alpha value is -2.56. The number of nitrogens with one attached hydrogen (secondary N) is 1. The van der Waals surface area contributed by atoms with Crippen LogP contribution < -0.4 is 9.62 Å². The van der Waals surface area contributed by atoms with Crippen LogP contribution in [0, 0.1) is 13.8 Å². The molecule has 0 saturated carbocycles. The highest BCUT2D eigenvalue weighted by atomic mass is 32.2. The van der Waals surface area contributed by atoms with E-state index in [9.17, 15) is 8.42 Å². The fraction of sp³-hybridized carbons (Fsp3) is 0.316. The molecular weight excluding hydrogens is 410 g/mol. The molecule has 1 saturated heterocycles. The molecule has 1 aliphatic heterocycles. The largest absolute Gasteiger partial charge is 0.378 e. The molecule has 8 nitrogen and oxygen atoms in total. The van der Waals surface area contributed by atoms with Crippen molar-refractivity contribution in [3.05, 3.63) is 47.5 Å². The Balaban J connectivity index is 1.75. The van der Waals surface area contributed by atoms with Crippen molar-refractivity contribution in [3.8, 4) is 11.1 Å². The Morgan fingerprint density at radius 3 is 2.66 bits per heavy atom. The number of hydrogen-bond donors (Lipinski definition) is 1. The molecule has 152 valence electrons. The number of hydrogen-bond acceptors (Lipinski definition) is 8. The number of anilines is 2. The van der Waals surface area contributed by atoms with Crippen molar-refractivity contribution in [2.24, 2.45) is 0 Å². The SMILES string of the molecule is Cc1ncc(-c2c(C)ncnc2N2CCOCC2)cc1NS(=O)(=O)c1cccs1. The Morgan fingerprint density at radius 2 is 1.93 bits per heavy atom. The second-order valence-corrected chi connectivity index (χ2v) is 9.51. The number of aromatic nitrogens is 3. The lowest BCUT2D eigenvalue weighted by atomic mass is 10.0. The first kappa shape index (κ1) is 19.7. The highest BCUT2D eigenvalue weighted by Gasteiger charge is 2.22. The summed E-state index contributed by atoms with van der Waals surface area (Å²) >= 11 is 1.17. The van der Waals surface area contributed by atoms with Crippen molar-refractivity contribution in [1.29, 1.82) is 0 Å².